The Morgan fingerprint density at radius 2 is 2.00 bits per heavy atom. The van der Waals surface area contributed by atoms with E-state index < -0.39 is 0 Å². The van der Waals surface area contributed by atoms with E-state index in [1.807, 2.05) is 0 Å². The van der Waals surface area contributed by atoms with Crippen molar-refractivity contribution in [2.24, 2.45) is 11.1 Å². The minimum Gasteiger partial charge on any atom is -0.329 e. The van der Waals surface area contributed by atoms with Crippen LogP contribution in [0.3, 0.4) is 0 Å². The number of rotatable bonds is 2. The Morgan fingerprint density at radius 3 is 2.53 bits per heavy atom. The van der Waals surface area contributed by atoms with Gasteiger partial charge in [0.05, 0.1) is 12.0 Å². The molecule has 4 nitrogen and oxygen atoms in total. The lowest BCUT2D eigenvalue weighted by Crippen LogP contribution is -2.48. The molecular weight excluding hydrogens is 192 g/mol. The van der Waals surface area contributed by atoms with Crippen molar-refractivity contribution < 1.29 is 9.63 Å². The highest BCUT2D eigenvalue weighted by molar-refractivity contribution is 5.82. The van der Waals surface area contributed by atoms with E-state index in [0.29, 0.717) is 13.2 Å². The summed E-state index contributed by atoms with van der Waals surface area (Å²) in [5.74, 6) is 0.127. The molecule has 0 radical (unpaired) electrons. The van der Waals surface area contributed by atoms with Crippen LogP contribution in [0, 0.1) is 5.41 Å². The van der Waals surface area contributed by atoms with E-state index in [9.17, 15) is 4.79 Å². The zero-order valence-corrected chi connectivity index (χ0v) is 9.21. The van der Waals surface area contributed by atoms with E-state index >= 15 is 0 Å². The SMILES string of the molecule is NCC1(C(=O)N2CCCCO2)CCCC1. The molecule has 2 aliphatic rings. The Morgan fingerprint density at radius 1 is 1.27 bits per heavy atom. The maximum absolute atomic E-state index is 12.3. The molecule has 0 aromatic rings. The number of carbonyl (C=O) groups is 1. The van der Waals surface area contributed by atoms with Crippen molar-refractivity contribution in [2.75, 3.05) is 19.7 Å². The van der Waals surface area contributed by atoms with Gasteiger partial charge in [0.2, 0.25) is 0 Å². The second kappa shape index (κ2) is 4.49. The molecule has 1 saturated heterocycles. The summed E-state index contributed by atoms with van der Waals surface area (Å²) in [5.41, 5.74) is 5.47. The fourth-order valence-electron chi connectivity index (χ4n) is 2.58. The first kappa shape index (κ1) is 10.9. The van der Waals surface area contributed by atoms with Crippen LogP contribution in [0.2, 0.25) is 0 Å². The standard InChI is InChI=1S/C11H20N2O2/c12-9-11(5-1-2-6-11)10(14)13-7-3-4-8-15-13/h1-9,12H2. The number of carbonyl (C=O) groups excluding carboxylic acids is 1. The van der Waals surface area contributed by atoms with Crippen LogP contribution in [-0.2, 0) is 9.63 Å². The third kappa shape index (κ3) is 2.01. The van der Waals surface area contributed by atoms with E-state index in [4.69, 9.17) is 10.6 Å². The normalized spacial score (nSPS) is 25.5. The molecule has 0 aromatic heterocycles. The maximum atomic E-state index is 12.3. The van der Waals surface area contributed by atoms with Gasteiger partial charge in [0.1, 0.15) is 0 Å². The first-order valence-electron chi connectivity index (χ1n) is 5.93. The van der Waals surface area contributed by atoms with Crippen molar-refractivity contribution in [1.82, 2.24) is 5.06 Å². The third-order valence-corrected chi connectivity index (χ3v) is 3.63. The van der Waals surface area contributed by atoms with Gasteiger partial charge in [-0.15, -0.1) is 0 Å². The summed E-state index contributed by atoms with van der Waals surface area (Å²) in [5, 5.41) is 1.56. The largest absolute Gasteiger partial charge is 0.329 e. The van der Waals surface area contributed by atoms with E-state index in [0.717, 1.165) is 45.1 Å². The van der Waals surface area contributed by atoms with Gasteiger partial charge in [0.15, 0.2) is 0 Å². The van der Waals surface area contributed by atoms with E-state index in [1.165, 1.54) is 0 Å². The number of nitrogens with two attached hydrogens (primary N) is 1. The summed E-state index contributed by atoms with van der Waals surface area (Å²) >= 11 is 0. The molecule has 15 heavy (non-hydrogen) atoms. The summed E-state index contributed by atoms with van der Waals surface area (Å²) in [6.07, 6.45) is 6.21. The van der Waals surface area contributed by atoms with Gasteiger partial charge >= 0.3 is 0 Å². The molecule has 1 saturated carbocycles. The minimum absolute atomic E-state index is 0.127. The van der Waals surface area contributed by atoms with E-state index in [-0.39, 0.29) is 11.3 Å². The Kier molecular flexibility index (Phi) is 3.26. The van der Waals surface area contributed by atoms with Gasteiger partial charge in [-0.25, -0.2) is 5.06 Å². The lowest BCUT2D eigenvalue weighted by molar-refractivity contribution is -0.206. The van der Waals surface area contributed by atoms with Crippen molar-refractivity contribution in [1.29, 1.82) is 0 Å². The molecule has 1 amide bonds. The van der Waals surface area contributed by atoms with Gasteiger partial charge in [-0.1, -0.05) is 12.8 Å². The van der Waals surface area contributed by atoms with Crippen LogP contribution in [0.1, 0.15) is 38.5 Å². The highest BCUT2D eigenvalue weighted by Crippen LogP contribution is 2.39. The van der Waals surface area contributed by atoms with E-state index in [1.54, 1.807) is 5.06 Å². The summed E-state index contributed by atoms with van der Waals surface area (Å²) in [6.45, 7) is 1.87. The van der Waals surface area contributed by atoms with Crippen LogP contribution in [-0.4, -0.2) is 30.7 Å². The lowest BCUT2D eigenvalue weighted by atomic mass is 9.85. The van der Waals surface area contributed by atoms with Gasteiger partial charge in [-0.2, -0.15) is 0 Å². The molecule has 0 unspecified atom stereocenters. The number of amides is 1. The first-order chi connectivity index (χ1) is 7.28. The number of hydrogen-bond donors (Lipinski definition) is 1. The summed E-state index contributed by atoms with van der Waals surface area (Å²) in [6, 6.07) is 0. The molecule has 2 fully saturated rings. The van der Waals surface area contributed by atoms with Crippen molar-refractivity contribution in [3.05, 3.63) is 0 Å². The number of hydroxylamine groups is 2. The average Bonchev–Trinajstić information content (AvgIpc) is 2.79. The lowest BCUT2D eigenvalue weighted by Gasteiger charge is -2.34. The predicted molar refractivity (Wildman–Crippen MR) is 56.9 cm³/mol. The van der Waals surface area contributed by atoms with Crippen molar-refractivity contribution in [3.63, 3.8) is 0 Å². The Bertz CT molecular complexity index is 231. The Hall–Kier alpha value is -0.610. The average molecular weight is 212 g/mol. The second-order valence-corrected chi connectivity index (χ2v) is 4.64. The molecular formula is C11H20N2O2. The Labute approximate surface area is 90.7 Å². The third-order valence-electron chi connectivity index (χ3n) is 3.63. The molecule has 0 spiro atoms. The van der Waals surface area contributed by atoms with Crippen LogP contribution in [0.25, 0.3) is 0 Å². The predicted octanol–water partition coefficient (Wildman–Crippen LogP) is 1.06. The monoisotopic (exact) mass is 212 g/mol. The molecule has 0 aromatic carbocycles. The zero-order chi connectivity index (χ0) is 10.7. The van der Waals surface area contributed by atoms with Gasteiger partial charge in [0, 0.05) is 13.1 Å². The minimum atomic E-state index is -0.308. The number of hydrogen-bond acceptors (Lipinski definition) is 3. The van der Waals surface area contributed by atoms with Crippen LogP contribution < -0.4 is 5.73 Å². The summed E-state index contributed by atoms with van der Waals surface area (Å²) in [4.78, 5) is 17.7. The van der Waals surface area contributed by atoms with Crippen LogP contribution in [0.4, 0.5) is 0 Å². The molecule has 1 aliphatic heterocycles. The summed E-state index contributed by atoms with van der Waals surface area (Å²) in [7, 11) is 0. The fourth-order valence-corrected chi connectivity index (χ4v) is 2.58. The number of nitrogens with zero attached hydrogens (tertiary/aromatic N) is 1. The van der Waals surface area contributed by atoms with Crippen LogP contribution in [0.15, 0.2) is 0 Å². The molecule has 86 valence electrons. The van der Waals surface area contributed by atoms with Crippen LogP contribution >= 0.6 is 0 Å². The van der Waals surface area contributed by atoms with Crippen molar-refractivity contribution in [2.45, 2.75) is 38.5 Å². The van der Waals surface area contributed by atoms with Gasteiger partial charge in [-0.3, -0.25) is 9.63 Å². The molecule has 2 rings (SSSR count). The second-order valence-electron chi connectivity index (χ2n) is 4.64. The Balaban J connectivity index is 2.03. The molecule has 2 N–H and O–H groups in total. The molecule has 1 aliphatic carbocycles. The van der Waals surface area contributed by atoms with Gasteiger partial charge in [-0.05, 0) is 25.7 Å². The van der Waals surface area contributed by atoms with Crippen molar-refractivity contribution in [3.8, 4) is 0 Å². The van der Waals surface area contributed by atoms with Gasteiger partial charge < -0.3 is 5.73 Å². The van der Waals surface area contributed by atoms with Crippen molar-refractivity contribution >= 4 is 5.91 Å². The molecule has 0 atom stereocenters. The fraction of sp³-hybridized carbons (Fsp3) is 0.909. The van der Waals surface area contributed by atoms with Crippen LogP contribution in [0.5, 0.6) is 0 Å². The first-order valence-corrected chi connectivity index (χ1v) is 5.93. The zero-order valence-electron chi connectivity index (χ0n) is 9.21. The highest BCUT2D eigenvalue weighted by Gasteiger charge is 2.43. The quantitative estimate of drug-likeness (QED) is 0.744. The van der Waals surface area contributed by atoms with E-state index in [2.05, 4.69) is 0 Å². The smallest absolute Gasteiger partial charge is 0.253 e. The topological polar surface area (TPSA) is 55.6 Å². The molecule has 0 bridgehead atoms. The summed E-state index contributed by atoms with van der Waals surface area (Å²) < 4.78 is 0. The highest BCUT2D eigenvalue weighted by atomic mass is 16.7. The van der Waals surface area contributed by atoms with Gasteiger partial charge in [0.25, 0.3) is 5.91 Å². The maximum Gasteiger partial charge on any atom is 0.253 e. The molecule has 4 heteroatoms. The molecule has 1 heterocycles.